The molecule has 0 amide bonds. The van der Waals surface area contributed by atoms with Gasteiger partial charge in [-0.05, 0) is 57.8 Å². The lowest BCUT2D eigenvalue weighted by Crippen LogP contribution is -2.30. The molecule has 0 heterocycles. The van der Waals surface area contributed by atoms with Crippen molar-refractivity contribution in [1.82, 2.24) is 0 Å². The Labute approximate surface area is 390 Å². The largest absolute Gasteiger partial charge is 0.472 e. The van der Waals surface area contributed by atoms with Crippen molar-refractivity contribution >= 4 is 25.7 Å². The number of phosphoric ester groups is 1. The molecule has 2 N–H and O–H groups in total. The van der Waals surface area contributed by atoms with Gasteiger partial charge in [-0.2, -0.15) is 0 Å². The molecule has 0 aliphatic rings. The van der Waals surface area contributed by atoms with Gasteiger partial charge in [0.1, 0.15) is 12.7 Å². The Hall–Kier alpha value is -2.56. The predicted molar refractivity (Wildman–Crippen MR) is 261 cm³/mol. The van der Waals surface area contributed by atoms with E-state index in [0.717, 1.165) is 103 Å². The van der Waals surface area contributed by atoms with Crippen LogP contribution in [-0.2, 0) is 42.2 Å². The Kier molecular flexibility index (Phi) is 45.1. The SMILES string of the molecule is CC/C=C\C/C=C\C/C=C\C/C=C\CCCCCCCCC(=O)OCC(COP(=O)(O)OCC(CO)OC(=O)CCCCCCCCCCC)OC(=O)CCCCCCCCCCC. The van der Waals surface area contributed by atoms with Crippen LogP contribution in [0.15, 0.2) is 48.6 Å². The summed E-state index contributed by atoms with van der Waals surface area (Å²) in [6, 6.07) is 0. The smallest absolute Gasteiger partial charge is 0.462 e. The van der Waals surface area contributed by atoms with Gasteiger partial charge in [-0.3, -0.25) is 23.4 Å². The summed E-state index contributed by atoms with van der Waals surface area (Å²) in [6.45, 7) is 4.46. The normalized spacial score (nSPS) is 13.9. The van der Waals surface area contributed by atoms with E-state index < -0.39 is 57.8 Å². The number of rotatable bonds is 47. The van der Waals surface area contributed by atoms with E-state index in [2.05, 4.69) is 69.4 Å². The Balaban J connectivity index is 4.66. The van der Waals surface area contributed by atoms with Crippen LogP contribution in [0.1, 0.15) is 226 Å². The summed E-state index contributed by atoms with van der Waals surface area (Å²) >= 11 is 0. The van der Waals surface area contributed by atoms with E-state index in [1.165, 1.54) is 64.2 Å². The molecule has 11 nitrogen and oxygen atoms in total. The van der Waals surface area contributed by atoms with Crippen LogP contribution in [0, 0.1) is 0 Å². The zero-order chi connectivity index (χ0) is 47.0. The minimum absolute atomic E-state index is 0.166. The molecule has 0 aromatic carbocycles. The first-order chi connectivity index (χ1) is 31.2. The molecule has 0 rings (SSSR count). The predicted octanol–water partition coefficient (Wildman–Crippen LogP) is 14.2. The van der Waals surface area contributed by atoms with Crippen molar-refractivity contribution in [2.75, 3.05) is 26.4 Å². The number of hydrogen-bond acceptors (Lipinski definition) is 10. The minimum atomic E-state index is -4.73. The molecule has 0 radical (unpaired) electrons. The van der Waals surface area contributed by atoms with E-state index >= 15 is 0 Å². The van der Waals surface area contributed by atoms with Gasteiger partial charge in [0.25, 0.3) is 0 Å². The summed E-state index contributed by atoms with van der Waals surface area (Å²) in [5.41, 5.74) is 0. The van der Waals surface area contributed by atoms with Crippen molar-refractivity contribution in [3.8, 4) is 0 Å². The van der Waals surface area contributed by atoms with Crippen molar-refractivity contribution in [1.29, 1.82) is 0 Å². The molecule has 64 heavy (non-hydrogen) atoms. The third kappa shape index (κ3) is 44.6. The number of carbonyl (C=O) groups excluding carboxylic acids is 3. The van der Waals surface area contributed by atoms with Crippen LogP contribution < -0.4 is 0 Å². The second-order valence-corrected chi connectivity index (χ2v) is 18.4. The first kappa shape index (κ1) is 61.4. The molecule has 0 fully saturated rings. The fourth-order valence-electron chi connectivity index (χ4n) is 6.88. The zero-order valence-electron chi connectivity index (χ0n) is 40.7. The third-order valence-corrected chi connectivity index (χ3v) is 11.7. The number of hydrogen-bond donors (Lipinski definition) is 2. The standard InChI is InChI=1S/C52H93O11P/c1-4-7-10-13-16-19-20-21-22-23-24-25-26-27-28-31-32-35-38-41-50(54)59-45-49(63-52(56)43-40-37-34-30-18-15-12-9-6-3)47-61-64(57,58)60-46-48(44-53)62-51(55)42-39-36-33-29-17-14-11-8-5-2/h7,10,16,19,21-22,24-25,48-49,53H,4-6,8-9,11-15,17-18,20,23,26-47H2,1-3H3,(H,57,58)/b10-7-,19-16-,22-21-,25-24-. The third-order valence-electron chi connectivity index (χ3n) is 10.8. The molecule has 0 saturated heterocycles. The number of aliphatic hydroxyl groups is 1. The lowest BCUT2D eigenvalue weighted by Gasteiger charge is -2.21. The molecular weight excluding hydrogens is 832 g/mol. The van der Waals surface area contributed by atoms with Crippen molar-refractivity contribution < 1.29 is 52.2 Å². The van der Waals surface area contributed by atoms with Crippen LogP contribution in [0.25, 0.3) is 0 Å². The van der Waals surface area contributed by atoms with Gasteiger partial charge in [-0.15, -0.1) is 0 Å². The van der Waals surface area contributed by atoms with Gasteiger partial charge in [0.05, 0.1) is 19.8 Å². The quantitative estimate of drug-likeness (QED) is 0.0197. The first-order valence-corrected chi connectivity index (χ1v) is 27.0. The summed E-state index contributed by atoms with van der Waals surface area (Å²) in [5, 5.41) is 9.72. The van der Waals surface area contributed by atoms with Crippen LogP contribution >= 0.6 is 7.82 Å². The summed E-state index contributed by atoms with van der Waals surface area (Å²) < 4.78 is 39.2. The van der Waals surface area contributed by atoms with Crippen LogP contribution in [-0.4, -0.2) is 66.5 Å². The Morgan fingerprint density at radius 3 is 1.25 bits per heavy atom. The zero-order valence-corrected chi connectivity index (χ0v) is 41.6. The van der Waals surface area contributed by atoms with Gasteiger partial charge in [0, 0.05) is 19.3 Å². The topological polar surface area (TPSA) is 155 Å². The van der Waals surface area contributed by atoms with E-state index in [4.69, 9.17) is 23.3 Å². The van der Waals surface area contributed by atoms with E-state index in [1.54, 1.807) is 0 Å². The highest BCUT2D eigenvalue weighted by atomic mass is 31.2. The lowest BCUT2D eigenvalue weighted by molar-refractivity contribution is -0.161. The van der Waals surface area contributed by atoms with Crippen molar-refractivity contribution in [2.45, 2.75) is 238 Å². The molecule has 0 aliphatic heterocycles. The molecule has 0 saturated carbocycles. The Morgan fingerprint density at radius 1 is 0.453 bits per heavy atom. The number of ether oxygens (including phenoxy) is 3. The number of allylic oxidation sites excluding steroid dienone is 8. The fraction of sp³-hybridized carbons (Fsp3) is 0.788. The highest BCUT2D eigenvalue weighted by Gasteiger charge is 2.28. The van der Waals surface area contributed by atoms with Gasteiger partial charge < -0.3 is 24.2 Å². The van der Waals surface area contributed by atoms with Crippen LogP contribution in [0.3, 0.4) is 0 Å². The van der Waals surface area contributed by atoms with Crippen molar-refractivity contribution in [3.63, 3.8) is 0 Å². The lowest BCUT2D eigenvalue weighted by atomic mass is 10.1. The fourth-order valence-corrected chi connectivity index (χ4v) is 7.66. The van der Waals surface area contributed by atoms with Gasteiger partial charge in [-0.25, -0.2) is 4.57 Å². The molecule has 0 aromatic rings. The van der Waals surface area contributed by atoms with Gasteiger partial charge >= 0.3 is 25.7 Å². The maximum absolute atomic E-state index is 12.8. The summed E-state index contributed by atoms with van der Waals surface area (Å²) in [5.74, 6) is -1.48. The van der Waals surface area contributed by atoms with E-state index in [0.29, 0.717) is 19.3 Å². The number of carbonyl (C=O) groups is 3. The van der Waals surface area contributed by atoms with E-state index in [-0.39, 0.29) is 25.9 Å². The van der Waals surface area contributed by atoms with Crippen LogP contribution in [0.5, 0.6) is 0 Å². The average molecular weight is 925 g/mol. The molecule has 372 valence electrons. The average Bonchev–Trinajstić information content (AvgIpc) is 3.28. The molecule has 0 aliphatic carbocycles. The van der Waals surface area contributed by atoms with E-state index in [9.17, 15) is 28.9 Å². The summed E-state index contributed by atoms with van der Waals surface area (Å²) in [7, 11) is -4.73. The van der Waals surface area contributed by atoms with Gasteiger partial charge in [0.2, 0.25) is 0 Å². The maximum atomic E-state index is 12.8. The molecular formula is C52H93O11P. The molecule has 0 spiro atoms. The van der Waals surface area contributed by atoms with Gasteiger partial charge in [-0.1, -0.05) is 198 Å². The number of unbranched alkanes of at least 4 members (excludes halogenated alkanes) is 22. The second-order valence-electron chi connectivity index (χ2n) is 17.0. The van der Waals surface area contributed by atoms with Crippen molar-refractivity contribution in [2.24, 2.45) is 0 Å². The second kappa shape index (κ2) is 47.0. The van der Waals surface area contributed by atoms with Crippen molar-refractivity contribution in [3.05, 3.63) is 48.6 Å². The first-order valence-electron chi connectivity index (χ1n) is 25.5. The van der Waals surface area contributed by atoms with Crippen LogP contribution in [0.4, 0.5) is 0 Å². The molecule has 12 heteroatoms. The highest BCUT2D eigenvalue weighted by Crippen LogP contribution is 2.43. The summed E-state index contributed by atoms with van der Waals surface area (Å²) in [6.07, 6.45) is 46.7. The van der Waals surface area contributed by atoms with Gasteiger partial charge in [0.15, 0.2) is 6.10 Å². The molecule has 0 bridgehead atoms. The molecule has 3 unspecified atom stereocenters. The molecule has 3 atom stereocenters. The minimum Gasteiger partial charge on any atom is -0.462 e. The molecule has 0 aromatic heterocycles. The number of esters is 3. The monoisotopic (exact) mass is 925 g/mol. The summed E-state index contributed by atoms with van der Waals surface area (Å²) in [4.78, 5) is 48.1. The maximum Gasteiger partial charge on any atom is 0.472 e. The van der Waals surface area contributed by atoms with E-state index in [1.807, 2.05) is 0 Å². The Bertz CT molecular complexity index is 1260. The van der Waals surface area contributed by atoms with Crippen LogP contribution in [0.2, 0.25) is 0 Å². The number of phosphoric acid groups is 1. The highest BCUT2D eigenvalue weighted by molar-refractivity contribution is 7.47. The number of aliphatic hydroxyl groups excluding tert-OH is 1. The Morgan fingerprint density at radius 2 is 0.812 bits per heavy atom.